The van der Waals surface area contributed by atoms with E-state index in [-0.39, 0.29) is 0 Å². The number of piperidine rings is 1. The fourth-order valence-corrected chi connectivity index (χ4v) is 2.57. The summed E-state index contributed by atoms with van der Waals surface area (Å²) in [7, 11) is 0. The zero-order valence-electron chi connectivity index (χ0n) is 11.4. The molecule has 19 heavy (non-hydrogen) atoms. The Hall–Kier alpha value is -1.01. The molecular formula is C13H22F2N4. The molecule has 1 aromatic heterocycles. The van der Waals surface area contributed by atoms with E-state index in [2.05, 4.69) is 22.1 Å². The zero-order valence-corrected chi connectivity index (χ0v) is 11.4. The first-order chi connectivity index (χ1) is 9.20. The first-order valence-corrected chi connectivity index (χ1v) is 6.96. The first-order valence-electron chi connectivity index (χ1n) is 6.96. The van der Waals surface area contributed by atoms with Crippen LogP contribution in [0.25, 0.3) is 0 Å². The number of imidazole rings is 1. The number of hydrogen-bond acceptors (Lipinski definition) is 3. The van der Waals surface area contributed by atoms with Crippen molar-refractivity contribution >= 4 is 0 Å². The second kappa shape index (κ2) is 6.96. The highest BCUT2D eigenvalue weighted by atomic mass is 19.3. The molecule has 2 heterocycles. The Morgan fingerprint density at radius 1 is 1.42 bits per heavy atom. The van der Waals surface area contributed by atoms with Crippen molar-refractivity contribution < 1.29 is 8.78 Å². The van der Waals surface area contributed by atoms with Crippen molar-refractivity contribution in [2.75, 3.05) is 19.6 Å². The van der Waals surface area contributed by atoms with E-state index in [1.165, 1.54) is 18.8 Å². The molecule has 1 N–H and O–H groups in total. The molecule has 0 aromatic carbocycles. The van der Waals surface area contributed by atoms with Crippen molar-refractivity contribution in [3.63, 3.8) is 0 Å². The third-order valence-corrected chi connectivity index (χ3v) is 3.64. The summed E-state index contributed by atoms with van der Waals surface area (Å²) in [5, 5.41) is 3.34. The van der Waals surface area contributed by atoms with Crippen molar-refractivity contribution in [3.05, 3.63) is 18.2 Å². The van der Waals surface area contributed by atoms with E-state index in [4.69, 9.17) is 0 Å². The van der Waals surface area contributed by atoms with Crippen LogP contribution in [0.15, 0.2) is 12.4 Å². The number of halogens is 2. The van der Waals surface area contributed by atoms with Crippen LogP contribution in [0.3, 0.4) is 0 Å². The third-order valence-electron chi connectivity index (χ3n) is 3.64. The van der Waals surface area contributed by atoms with Crippen LogP contribution in [0.1, 0.15) is 38.6 Å². The standard InChI is InChI=1S/C13H22F2N4/c1-2-6-18-7-3-11(4-8-18)17-10-12-16-5-9-19(12)13(14)15/h5,9,11,13,17H,2-4,6-8,10H2,1H3. The number of hydrogen-bond donors (Lipinski definition) is 1. The Kier molecular flexibility index (Phi) is 5.27. The Labute approximate surface area is 112 Å². The molecule has 0 aliphatic carbocycles. The van der Waals surface area contributed by atoms with Crippen LogP contribution in [0.5, 0.6) is 0 Å². The highest BCUT2D eigenvalue weighted by molar-refractivity contribution is 4.93. The lowest BCUT2D eigenvalue weighted by Crippen LogP contribution is -2.42. The molecule has 2 rings (SSSR count). The molecule has 0 radical (unpaired) electrons. The monoisotopic (exact) mass is 272 g/mol. The van der Waals surface area contributed by atoms with Crippen molar-refractivity contribution in [1.29, 1.82) is 0 Å². The highest BCUT2D eigenvalue weighted by Crippen LogP contribution is 2.14. The third kappa shape index (κ3) is 3.98. The van der Waals surface area contributed by atoms with Gasteiger partial charge >= 0.3 is 6.55 Å². The maximum atomic E-state index is 12.7. The SMILES string of the molecule is CCCN1CCC(NCc2nccn2C(F)F)CC1. The molecule has 4 nitrogen and oxygen atoms in total. The average Bonchev–Trinajstić information content (AvgIpc) is 2.87. The fourth-order valence-electron chi connectivity index (χ4n) is 2.57. The molecule has 1 aliphatic heterocycles. The molecule has 0 unspecified atom stereocenters. The number of rotatable bonds is 6. The van der Waals surface area contributed by atoms with E-state index in [1.807, 2.05) is 0 Å². The fraction of sp³-hybridized carbons (Fsp3) is 0.769. The summed E-state index contributed by atoms with van der Waals surface area (Å²) in [6.07, 6.45) is 6.09. The lowest BCUT2D eigenvalue weighted by atomic mass is 10.0. The predicted octanol–water partition coefficient (Wildman–Crippen LogP) is 2.24. The molecule has 0 amide bonds. The van der Waals surface area contributed by atoms with E-state index in [0.29, 0.717) is 18.4 Å². The van der Waals surface area contributed by atoms with Crippen molar-refractivity contribution in [2.24, 2.45) is 0 Å². The van der Waals surface area contributed by atoms with Gasteiger partial charge in [0.05, 0.1) is 6.54 Å². The van der Waals surface area contributed by atoms with Crippen molar-refractivity contribution in [2.45, 2.75) is 45.3 Å². The van der Waals surface area contributed by atoms with Crippen LogP contribution < -0.4 is 5.32 Å². The summed E-state index contributed by atoms with van der Waals surface area (Å²) in [6.45, 7) is 3.43. The van der Waals surface area contributed by atoms with Crippen molar-refractivity contribution in [1.82, 2.24) is 19.8 Å². The Balaban J connectivity index is 1.76. The van der Waals surface area contributed by atoms with Gasteiger partial charge in [-0.3, -0.25) is 4.57 Å². The average molecular weight is 272 g/mol. The van der Waals surface area contributed by atoms with E-state index in [1.54, 1.807) is 0 Å². The molecule has 108 valence electrons. The van der Waals surface area contributed by atoms with E-state index < -0.39 is 6.55 Å². The lowest BCUT2D eigenvalue weighted by Gasteiger charge is -2.32. The van der Waals surface area contributed by atoms with Crippen LogP contribution >= 0.6 is 0 Å². The van der Waals surface area contributed by atoms with Crippen LogP contribution in [-0.4, -0.2) is 40.1 Å². The minimum Gasteiger partial charge on any atom is -0.307 e. The van der Waals surface area contributed by atoms with Crippen molar-refractivity contribution in [3.8, 4) is 0 Å². The summed E-state index contributed by atoms with van der Waals surface area (Å²) in [5.41, 5.74) is 0. The number of nitrogens with zero attached hydrogens (tertiary/aromatic N) is 3. The quantitative estimate of drug-likeness (QED) is 0.862. The maximum Gasteiger partial charge on any atom is 0.319 e. The normalized spacial score (nSPS) is 18.3. The van der Waals surface area contributed by atoms with Crippen LogP contribution in [-0.2, 0) is 6.54 Å². The predicted molar refractivity (Wildman–Crippen MR) is 70.1 cm³/mol. The summed E-state index contributed by atoms with van der Waals surface area (Å²) >= 11 is 0. The summed E-state index contributed by atoms with van der Waals surface area (Å²) in [5.74, 6) is 0.408. The molecular weight excluding hydrogens is 250 g/mol. The van der Waals surface area contributed by atoms with Gasteiger partial charge in [-0.2, -0.15) is 8.78 Å². The Morgan fingerprint density at radius 3 is 2.79 bits per heavy atom. The topological polar surface area (TPSA) is 33.1 Å². The molecule has 1 fully saturated rings. The van der Waals surface area contributed by atoms with Gasteiger partial charge in [0, 0.05) is 18.4 Å². The second-order valence-electron chi connectivity index (χ2n) is 5.03. The van der Waals surface area contributed by atoms with E-state index in [0.717, 1.165) is 37.0 Å². The molecule has 1 aromatic rings. The van der Waals surface area contributed by atoms with Gasteiger partial charge in [0.15, 0.2) is 0 Å². The molecule has 1 aliphatic rings. The van der Waals surface area contributed by atoms with Gasteiger partial charge in [0.2, 0.25) is 0 Å². The molecule has 0 atom stereocenters. The molecule has 0 spiro atoms. The Morgan fingerprint density at radius 2 is 2.16 bits per heavy atom. The molecule has 1 saturated heterocycles. The van der Waals surface area contributed by atoms with Gasteiger partial charge in [-0.15, -0.1) is 0 Å². The van der Waals surface area contributed by atoms with Gasteiger partial charge in [0.25, 0.3) is 0 Å². The second-order valence-corrected chi connectivity index (χ2v) is 5.03. The minimum absolute atomic E-state index is 0.408. The largest absolute Gasteiger partial charge is 0.319 e. The Bertz CT molecular complexity index is 372. The zero-order chi connectivity index (χ0) is 13.7. The molecule has 0 bridgehead atoms. The van der Waals surface area contributed by atoms with Gasteiger partial charge in [-0.05, 0) is 38.9 Å². The number of nitrogens with one attached hydrogen (secondary N) is 1. The van der Waals surface area contributed by atoms with Crippen LogP contribution in [0.4, 0.5) is 8.78 Å². The van der Waals surface area contributed by atoms with Crippen LogP contribution in [0.2, 0.25) is 0 Å². The summed E-state index contributed by atoms with van der Waals surface area (Å²) < 4.78 is 26.2. The lowest BCUT2D eigenvalue weighted by molar-refractivity contribution is 0.0662. The molecule has 0 saturated carbocycles. The maximum absolute atomic E-state index is 12.7. The molecule has 6 heteroatoms. The number of alkyl halides is 2. The van der Waals surface area contributed by atoms with Gasteiger partial charge in [0.1, 0.15) is 5.82 Å². The van der Waals surface area contributed by atoms with Gasteiger partial charge < -0.3 is 10.2 Å². The summed E-state index contributed by atoms with van der Waals surface area (Å²) in [6, 6.07) is 0.413. The minimum atomic E-state index is -2.51. The number of aromatic nitrogens is 2. The van der Waals surface area contributed by atoms with E-state index in [9.17, 15) is 8.78 Å². The van der Waals surface area contributed by atoms with Crippen LogP contribution in [0, 0.1) is 0 Å². The summed E-state index contributed by atoms with van der Waals surface area (Å²) in [4.78, 5) is 6.43. The highest BCUT2D eigenvalue weighted by Gasteiger charge is 2.19. The van der Waals surface area contributed by atoms with Gasteiger partial charge in [-0.1, -0.05) is 6.92 Å². The van der Waals surface area contributed by atoms with Gasteiger partial charge in [-0.25, -0.2) is 4.98 Å². The first kappa shape index (κ1) is 14.4. The smallest absolute Gasteiger partial charge is 0.307 e. The number of likely N-dealkylation sites (tertiary alicyclic amines) is 1. The van der Waals surface area contributed by atoms with E-state index >= 15 is 0 Å².